The number of benzene rings is 1. The van der Waals surface area contributed by atoms with E-state index in [4.69, 9.17) is 29.4 Å². The third-order valence-corrected chi connectivity index (χ3v) is 3.91. The quantitative estimate of drug-likeness (QED) is 0.838. The van der Waals surface area contributed by atoms with E-state index in [2.05, 4.69) is 0 Å². The largest absolute Gasteiger partial charge is 0.489 e. The second-order valence-corrected chi connectivity index (χ2v) is 5.99. The first-order valence-electron chi connectivity index (χ1n) is 7.40. The molecule has 1 aromatic rings. The molecule has 23 heavy (non-hydrogen) atoms. The Morgan fingerprint density at radius 2 is 2.04 bits per heavy atom. The van der Waals surface area contributed by atoms with Crippen molar-refractivity contribution in [1.82, 2.24) is 0 Å². The van der Waals surface area contributed by atoms with Gasteiger partial charge >= 0.3 is 0 Å². The zero-order valence-corrected chi connectivity index (χ0v) is 13.3. The molecule has 2 fully saturated rings. The number of anilines is 1. The third-order valence-electron chi connectivity index (χ3n) is 3.91. The lowest BCUT2D eigenvalue weighted by atomic mass is 10.1. The van der Waals surface area contributed by atoms with Crippen LogP contribution in [0.5, 0.6) is 5.75 Å². The number of methoxy groups -OCH3 is 1. The number of nitriles is 1. The summed E-state index contributed by atoms with van der Waals surface area (Å²) in [5.74, 6) is -0.268. The number of nitrogen functional groups attached to an aromatic ring is 1. The highest BCUT2D eigenvalue weighted by Gasteiger charge is 2.55. The maximum Gasteiger partial charge on any atom is 0.186 e. The van der Waals surface area contributed by atoms with Gasteiger partial charge in [-0.3, -0.25) is 0 Å². The number of fused-ring (bicyclic) bond motifs is 1. The fourth-order valence-corrected chi connectivity index (χ4v) is 2.93. The summed E-state index contributed by atoms with van der Waals surface area (Å²) < 4.78 is 28.5. The van der Waals surface area contributed by atoms with Gasteiger partial charge in [0.2, 0.25) is 0 Å². The predicted octanol–water partition coefficient (Wildman–Crippen LogP) is 1.41. The summed E-state index contributed by atoms with van der Waals surface area (Å²) in [6.45, 7) is 3.90. The topological polar surface area (TPSA) is 96.0 Å². The van der Waals surface area contributed by atoms with E-state index in [9.17, 15) is 5.26 Å². The summed E-state index contributed by atoms with van der Waals surface area (Å²) >= 11 is 0. The molecule has 0 bridgehead atoms. The zero-order valence-electron chi connectivity index (χ0n) is 13.3. The molecule has 4 atom stereocenters. The Balaban J connectivity index is 1.72. The molecule has 0 saturated carbocycles. The Labute approximate surface area is 134 Å². The van der Waals surface area contributed by atoms with E-state index in [0.29, 0.717) is 17.0 Å². The van der Waals surface area contributed by atoms with E-state index in [1.807, 2.05) is 19.9 Å². The highest BCUT2D eigenvalue weighted by molar-refractivity contribution is 5.60. The van der Waals surface area contributed by atoms with Crippen LogP contribution in [0.1, 0.15) is 19.4 Å². The Hall–Kier alpha value is -1.85. The van der Waals surface area contributed by atoms with Crippen LogP contribution in [0.4, 0.5) is 5.69 Å². The fourth-order valence-electron chi connectivity index (χ4n) is 2.93. The summed E-state index contributed by atoms with van der Waals surface area (Å²) in [5.41, 5.74) is 6.48. The fraction of sp³-hybridized carbons (Fsp3) is 0.562. The highest BCUT2D eigenvalue weighted by atomic mass is 16.8. The van der Waals surface area contributed by atoms with E-state index in [-0.39, 0.29) is 24.9 Å². The zero-order chi connectivity index (χ0) is 16.6. The highest BCUT2D eigenvalue weighted by Crippen LogP contribution is 2.39. The molecule has 0 aliphatic carbocycles. The molecule has 2 N–H and O–H groups in total. The first kappa shape index (κ1) is 16.0. The SMILES string of the molecule is CO[C@@H]1O[C@H](COc2cccc(N)c2C#N)[C@H]2OC(C)(C)O[C@@H]12. The molecular weight excluding hydrogens is 300 g/mol. The minimum atomic E-state index is -0.691. The maximum atomic E-state index is 9.18. The van der Waals surface area contributed by atoms with Crippen LogP contribution in [0, 0.1) is 11.3 Å². The van der Waals surface area contributed by atoms with Gasteiger partial charge in [-0.2, -0.15) is 5.26 Å². The van der Waals surface area contributed by atoms with Crippen LogP contribution in [0.15, 0.2) is 18.2 Å². The Morgan fingerprint density at radius 1 is 1.30 bits per heavy atom. The molecule has 0 amide bonds. The van der Waals surface area contributed by atoms with Crippen molar-refractivity contribution in [3.63, 3.8) is 0 Å². The van der Waals surface area contributed by atoms with Crippen molar-refractivity contribution in [2.75, 3.05) is 19.5 Å². The molecule has 1 aromatic carbocycles. The lowest BCUT2D eigenvalue weighted by molar-refractivity contribution is -0.229. The molecule has 2 saturated heterocycles. The average molecular weight is 320 g/mol. The third kappa shape index (κ3) is 2.99. The van der Waals surface area contributed by atoms with Gasteiger partial charge in [0.15, 0.2) is 12.1 Å². The van der Waals surface area contributed by atoms with Gasteiger partial charge in [0.05, 0.1) is 5.69 Å². The second kappa shape index (κ2) is 5.98. The molecule has 2 aliphatic rings. The number of hydrogen-bond acceptors (Lipinski definition) is 7. The monoisotopic (exact) mass is 320 g/mol. The van der Waals surface area contributed by atoms with Gasteiger partial charge in [-0.05, 0) is 26.0 Å². The summed E-state index contributed by atoms with van der Waals surface area (Å²) in [4.78, 5) is 0. The average Bonchev–Trinajstić information content (AvgIpc) is 2.98. The number of ether oxygens (including phenoxy) is 5. The van der Waals surface area contributed by atoms with Gasteiger partial charge in [-0.15, -0.1) is 0 Å². The lowest BCUT2D eigenvalue weighted by Gasteiger charge is -2.23. The second-order valence-electron chi connectivity index (χ2n) is 5.99. The summed E-state index contributed by atoms with van der Waals surface area (Å²) in [6.07, 6.45) is -1.47. The van der Waals surface area contributed by atoms with E-state index < -0.39 is 12.1 Å². The Bertz CT molecular complexity index is 627. The summed E-state index contributed by atoms with van der Waals surface area (Å²) in [7, 11) is 1.56. The molecule has 7 heteroatoms. The van der Waals surface area contributed by atoms with E-state index in [1.165, 1.54) is 0 Å². The Morgan fingerprint density at radius 3 is 2.74 bits per heavy atom. The van der Waals surface area contributed by atoms with Crippen LogP contribution in [0.3, 0.4) is 0 Å². The molecule has 3 rings (SSSR count). The summed E-state index contributed by atoms with van der Waals surface area (Å²) in [5, 5.41) is 9.18. The molecule has 2 aliphatic heterocycles. The number of nitrogens with two attached hydrogens (primary N) is 1. The van der Waals surface area contributed by atoms with Crippen LogP contribution < -0.4 is 10.5 Å². The van der Waals surface area contributed by atoms with Gasteiger partial charge in [0, 0.05) is 7.11 Å². The van der Waals surface area contributed by atoms with Crippen molar-refractivity contribution >= 4 is 5.69 Å². The lowest BCUT2D eigenvalue weighted by Crippen LogP contribution is -2.34. The van der Waals surface area contributed by atoms with Gasteiger partial charge in [0.25, 0.3) is 0 Å². The molecule has 2 heterocycles. The number of hydrogen-bond donors (Lipinski definition) is 1. The molecule has 124 valence electrons. The normalized spacial score (nSPS) is 31.6. The van der Waals surface area contributed by atoms with Crippen molar-refractivity contribution < 1.29 is 23.7 Å². The van der Waals surface area contributed by atoms with Crippen LogP contribution >= 0.6 is 0 Å². The molecular formula is C16H20N2O5. The number of rotatable bonds is 4. The molecule has 7 nitrogen and oxygen atoms in total. The van der Waals surface area contributed by atoms with Crippen molar-refractivity contribution in [3.8, 4) is 11.8 Å². The maximum absolute atomic E-state index is 9.18. The van der Waals surface area contributed by atoms with Crippen molar-refractivity contribution in [2.45, 2.75) is 44.2 Å². The van der Waals surface area contributed by atoms with Gasteiger partial charge < -0.3 is 29.4 Å². The van der Waals surface area contributed by atoms with Crippen LogP contribution in [-0.2, 0) is 18.9 Å². The molecule has 0 radical (unpaired) electrons. The van der Waals surface area contributed by atoms with Crippen molar-refractivity contribution in [3.05, 3.63) is 23.8 Å². The smallest absolute Gasteiger partial charge is 0.186 e. The summed E-state index contributed by atoms with van der Waals surface area (Å²) in [6, 6.07) is 7.14. The standard InChI is InChI=1S/C16H20N2O5/c1-16(2)22-13-12(21-15(19-3)14(13)23-16)8-20-11-6-4-5-10(18)9(11)7-17/h4-6,12-15H,8,18H2,1-3H3/t12-,13-,14-,15-/m1/s1. The van der Waals surface area contributed by atoms with Crippen molar-refractivity contribution in [2.24, 2.45) is 0 Å². The van der Waals surface area contributed by atoms with E-state index >= 15 is 0 Å². The minimum absolute atomic E-state index is 0.207. The van der Waals surface area contributed by atoms with Crippen LogP contribution in [0.2, 0.25) is 0 Å². The van der Waals surface area contributed by atoms with Gasteiger partial charge in [-0.1, -0.05) is 6.07 Å². The van der Waals surface area contributed by atoms with Crippen LogP contribution in [0.25, 0.3) is 0 Å². The first-order chi connectivity index (χ1) is 10.9. The first-order valence-corrected chi connectivity index (χ1v) is 7.40. The van der Waals surface area contributed by atoms with Gasteiger partial charge in [-0.25, -0.2) is 0 Å². The predicted molar refractivity (Wildman–Crippen MR) is 80.6 cm³/mol. The molecule has 0 unspecified atom stereocenters. The van der Waals surface area contributed by atoms with Crippen molar-refractivity contribution in [1.29, 1.82) is 5.26 Å². The van der Waals surface area contributed by atoms with Gasteiger partial charge in [0.1, 0.15) is 42.3 Å². The number of nitrogens with zero attached hydrogens (tertiary/aromatic N) is 1. The van der Waals surface area contributed by atoms with E-state index in [0.717, 1.165) is 0 Å². The molecule has 0 aromatic heterocycles. The Kier molecular flexibility index (Phi) is 4.17. The minimum Gasteiger partial charge on any atom is -0.489 e. The molecule has 0 spiro atoms. The van der Waals surface area contributed by atoms with Crippen LogP contribution in [-0.4, -0.2) is 44.1 Å². The van der Waals surface area contributed by atoms with E-state index in [1.54, 1.807) is 25.3 Å².